The van der Waals surface area contributed by atoms with Crippen LogP contribution in [-0.4, -0.2) is 38.0 Å². The van der Waals surface area contributed by atoms with Crippen molar-refractivity contribution in [3.8, 4) is 11.4 Å². The Morgan fingerprint density at radius 2 is 1.95 bits per heavy atom. The van der Waals surface area contributed by atoms with E-state index >= 15 is 0 Å². The van der Waals surface area contributed by atoms with Crippen molar-refractivity contribution in [2.75, 3.05) is 7.11 Å². The molecule has 38 heavy (non-hydrogen) atoms. The van der Waals surface area contributed by atoms with E-state index in [4.69, 9.17) is 15.5 Å². The number of fused-ring (bicyclic) bond motifs is 1. The lowest BCUT2D eigenvalue weighted by atomic mass is 10.1. The normalized spacial score (nSPS) is 14.7. The molecule has 0 bridgehead atoms. The average Bonchev–Trinajstić information content (AvgIpc) is 3.58. The molecule has 3 heterocycles. The second kappa shape index (κ2) is 10.1. The van der Waals surface area contributed by atoms with E-state index in [1.807, 2.05) is 0 Å². The molecule has 1 aliphatic carbocycles. The van der Waals surface area contributed by atoms with E-state index in [1.54, 1.807) is 36.5 Å². The number of rotatable bonds is 8. The number of nitrogens with two attached hydrogens (primary N) is 1. The molecular weight excluding hydrogens is 499 g/mol. The molecule has 0 radical (unpaired) electrons. The predicted molar refractivity (Wildman–Crippen MR) is 136 cm³/mol. The van der Waals surface area contributed by atoms with Gasteiger partial charge in [-0.15, -0.1) is 0 Å². The van der Waals surface area contributed by atoms with Crippen LogP contribution in [0.2, 0.25) is 0 Å². The molecule has 5 rings (SSSR count). The maximum Gasteiger partial charge on any atom is 0.432 e. The first-order valence-corrected chi connectivity index (χ1v) is 11.9. The standard InChI is InChI=1S/C26H24F3N7O2/c1-38-25(33-14-30)19(10-15-2-3-15)23-31-11-18-8-9-21(37)36(24(18)35-23)13-16-4-6-17(7-5-16)22-32-12-20(34-22)26(27,28)29/h4-9,11-12,14-15H,2-3,10,13H2,1H3,(H2,30,33)(H,32,34)/b25-19-. The SMILES string of the molecule is COC(/N=C\N)=C(/CC1CC1)c1ncc2ccc(=O)n(Cc3ccc(-c4ncc(C(F)(F)F)[nH]4)cc3)c2n1. The van der Waals surface area contributed by atoms with Crippen molar-refractivity contribution >= 4 is 22.9 Å². The number of ether oxygens (including phenoxy) is 1. The number of halogens is 3. The summed E-state index contributed by atoms with van der Waals surface area (Å²) in [5, 5.41) is 0.673. The van der Waals surface area contributed by atoms with Crippen LogP contribution in [0.15, 0.2) is 64.5 Å². The smallest absolute Gasteiger partial charge is 0.432 e. The predicted octanol–water partition coefficient (Wildman–Crippen LogP) is 4.35. The van der Waals surface area contributed by atoms with Crippen molar-refractivity contribution in [2.24, 2.45) is 16.6 Å². The number of H-pyrrole nitrogens is 1. The summed E-state index contributed by atoms with van der Waals surface area (Å²) in [6.07, 6.45) is 1.92. The Labute approximate surface area is 214 Å². The highest BCUT2D eigenvalue weighted by Crippen LogP contribution is 2.39. The second-order valence-electron chi connectivity index (χ2n) is 8.98. The molecule has 12 heteroatoms. The van der Waals surface area contributed by atoms with Crippen LogP contribution in [0.1, 0.15) is 36.3 Å². The molecule has 0 atom stereocenters. The number of benzene rings is 1. The van der Waals surface area contributed by atoms with Gasteiger partial charge in [0.2, 0.25) is 5.88 Å². The van der Waals surface area contributed by atoms with Crippen molar-refractivity contribution in [3.05, 3.63) is 82.1 Å². The summed E-state index contributed by atoms with van der Waals surface area (Å²) < 4.78 is 45.7. The van der Waals surface area contributed by atoms with E-state index in [-0.39, 0.29) is 17.9 Å². The van der Waals surface area contributed by atoms with Crippen LogP contribution in [0.25, 0.3) is 28.0 Å². The summed E-state index contributed by atoms with van der Waals surface area (Å²) in [4.78, 5) is 32.4. The highest BCUT2D eigenvalue weighted by molar-refractivity contribution is 5.77. The van der Waals surface area contributed by atoms with Gasteiger partial charge in [0, 0.05) is 23.2 Å². The number of alkyl halides is 3. The van der Waals surface area contributed by atoms with E-state index < -0.39 is 11.9 Å². The number of aliphatic imine (C=N–C) groups is 1. The van der Waals surface area contributed by atoms with Crippen LogP contribution in [0, 0.1) is 5.92 Å². The lowest BCUT2D eigenvalue weighted by molar-refractivity contribution is -0.140. The molecule has 3 aromatic heterocycles. The zero-order valence-corrected chi connectivity index (χ0v) is 20.4. The average molecular weight is 524 g/mol. The van der Waals surface area contributed by atoms with Crippen LogP contribution in [-0.2, 0) is 17.5 Å². The van der Waals surface area contributed by atoms with Crippen LogP contribution >= 0.6 is 0 Å². The zero-order chi connectivity index (χ0) is 26.9. The Kier molecular flexibility index (Phi) is 6.70. The fraction of sp³-hybridized carbons (Fsp3) is 0.269. The summed E-state index contributed by atoms with van der Waals surface area (Å²) in [6, 6.07) is 9.87. The summed E-state index contributed by atoms with van der Waals surface area (Å²) in [5.74, 6) is 1.32. The monoisotopic (exact) mass is 523 g/mol. The number of hydrogen-bond donors (Lipinski definition) is 2. The van der Waals surface area contributed by atoms with Crippen molar-refractivity contribution in [3.63, 3.8) is 0 Å². The lowest BCUT2D eigenvalue weighted by Crippen LogP contribution is -2.21. The van der Waals surface area contributed by atoms with Gasteiger partial charge in [0.15, 0.2) is 5.82 Å². The number of aromatic amines is 1. The molecule has 1 fully saturated rings. The summed E-state index contributed by atoms with van der Waals surface area (Å²) >= 11 is 0. The molecular formula is C26H24F3N7O2. The number of aromatic nitrogens is 5. The maximum absolute atomic E-state index is 12.9. The molecule has 9 nitrogen and oxygen atoms in total. The first-order valence-electron chi connectivity index (χ1n) is 11.9. The first kappa shape index (κ1) is 25.2. The number of nitrogens with one attached hydrogen (secondary N) is 1. The second-order valence-corrected chi connectivity index (χ2v) is 8.98. The molecule has 0 saturated heterocycles. The van der Waals surface area contributed by atoms with Gasteiger partial charge in [-0.1, -0.05) is 24.3 Å². The van der Waals surface area contributed by atoms with E-state index in [2.05, 4.69) is 19.9 Å². The van der Waals surface area contributed by atoms with Crippen molar-refractivity contribution in [1.82, 2.24) is 24.5 Å². The van der Waals surface area contributed by atoms with E-state index in [9.17, 15) is 18.0 Å². The van der Waals surface area contributed by atoms with E-state index in [0.29, 0.717) is 46.2 Å². The Morgan fingerprint density at radius 3 is 2.58 bits per heavy atom. The minimum Gasteiger partial charge on any atom is -0.481 e. The Bertz CT molecular complexity index is 1580. The van der Waals surface area contributed by atoms with Gasteiger partial charge >= 0.3 is 6.18 Å². The number of nitrogens with zero attached hydrogens (tertiary/aromatic N) is 5. The number of pyridine rings is 1. The third-order valence-electron chi connectivity index (χ3n) is 6.28. The Balaban J connectivity index is 1.49. The lowest BCUT2D eigenvalue weighted by Gasteiger charge is -2.13. The summed E-state index contributed by atoms with van der Waals surface area (Å²) in [5.41, 5.74) is 6.72. The molecule has 196 valence electrons. The third-order valence-corrected chi connectivity index (χ3v) is 6.28. The Hall–Kier alpha value is -4.48. The summed E-state index contributed by atoms with van der Waals surface area (Å²) in [7, 11) is 1.50. The highest BCUT2D eigenvalue weighted by atomic mass is 19.4. The fourth-order valence-electron chi connectivity index (χ4n) is 4.14. The van der Waals surface area contributed by atoms with Crippen LogP contribution in [0.3, 0.4) is 0 Å². The largest absolute Gasteiger partial charge is 0.481 e. The third kappa shape index (κ3) is 5.29. The van der Waals surface area contributed by atoms with Crippen molar-refractivity contribution in [1.29, 1.82) is 0 Å². The topological polar surface area (TPSA) is 124 Å². The van der Waals surface area contributed by atoms with Crippen LogP contribution < -0.4 is 11.3 Å². The van der Waals surface area contributed by atoms with E-state index in [0.717, 1.165) is 30.9 Å². The van der Waals surface area contributed by atoms with Gasteiger partial charge in [0.25, 0.3) is 5.56 Å². The van der Waals surface area contributed by atoms with Gasteiger partial charge in [-0.25, -0.2) is 19.9 Å². The highest BCUT2D eigenvalue weighted by Gasteiger charge is 2.33. The molecule has 4 aromatic rings. The number of hydrogen-bond acceptors (Lipinski definition) is 6. The minimum atomic E-state index is -4.50. The minimum absolute atomic E-state index is 0.104. The Morgan fingerprint density at radius 1 is 1.18 bits per heavy atom. The van der Waals surface area contributed by atoms with Gasteiger partial charge in [0.1, 0.15) is 17.2 Å². The van der Waals surface area contributed by atoms with Crippen molar-refractivity contribution < 1.29 is 17.9 Å². The molecule has 0 aliphatic heterocycles. The number of methoxy groups -OCH3 is 1. The van der Waals surface area contributed by atoms with Crippen LogP contribution in [0.5, 0.6) is 0 Å². The quantitative estimate of drug-likeness (QED) is 0.201. The molecule has 0 unspecified atom stereocenters. The number of imidazole rings is 1. The molecule has 1 aliphatic rings. The molecule has 1 saturated carbocycles. The van der Waals surface area contributed by atoms with Gasteiger partial charge in [-0.05, 0) is 36.8 Å². The van der Waals surface area contributed by atoms with Gasteiger partial charge in [-0.2, -0.15) is 13.2 Å². The summed E-state index contributed by atoms with van der Waals surface area (Å²) in [6.45, 7) is 0.193. The van der Waals surface area contributed by atoms with Gasteiger partial charge < -0.3 is 15.5 Å². The van der Waals surface area contributed by atoms with Gasteiger partial charge in [0.05, 0.1) is 31.8 Å². The maximum atomic E-state index is 12.9. The molecule has 1 aromatic carbocycles. The molecule has 3 N–H and O–H groups in total. The molecule has 0 spiro atoms. The van der Waals surface area contributed by atoms with Crippen LogP contribution in [0.4, 0.5) is 13.2 Å². The van der Waals surface area contributed by atoms with Gasteiger partial charge in [-0.3, -0.25) is 9.36 Å². The zero-order valence-electron chi connectivity index (χ0n) is 20.4. The first-order chi connectivity index (χ1) is 18.3. The number of allylic oxidation sites excluding steroid dienone is 1. The molecule has 0 amide bonds. The fourth-order valence-corrected chi connectivity index (χ4v) is 4.14. The van der Waals surface area contributed by atoms with Crippen molar-refractivity contribution in [2.45, 2.75) is 32.0 Å². The van der Waals surface area contributed by atoms with E-state index in [1.165, 1.54) is 17.7 Å².